The topological polar surface area (TPSA) is 46.3 Å². The lowest BCUT2D eigenvalue weighted by Gasteiger charge is -2.23. The number of carbonyl (C=O) groups excluding carboxylic acids is 1. The second kappa shape index (κ2) is 4.44. The van der Waals surface area contributed by atoms with Crippen molar-refractivity contribution in [1.82, 2.24) is 4.90 Å². The van der Waals surface area contributed by atoms with Crippen molar-refractivity contribution in [1.29, 1.82) is 0 Å². The minimum absolute atomic E-state index is 0.231. The van der Waals surface area contributed by atoms with E-state index in [1.807, 2.05) is 0 Å². The van der Waals surface area contributed by atoms with Crippen LogP contribution in [0, 0.1) is 5.92 Å². The molecule has 7 heteroatoms. The number of nitrogens with zero attached hydrogens (tertiary/aromatic N) is 1. The minimum Gasteiger partial charge on any atom is -0.329 e. The summed E-state index contributed by atoms with van der Waals surface area (Å²) in [6, 6.07) is -1.01. The molecule has 2 N–H and O–H groups in total. The highest BCUT2D eigenvalue weighted by atomic mass is 19.3. The molecule has 0 bridgehead atoms. The van der Waals surface area contributed by atoms with Crippen molar-refractivity contribution < 1.29 is 22.4 Å². The lowest BCUT2D eigenvalue weighted by Crippen LogP contribution is -2.46. The van der Waals surface area contributed by atoms with E-state index >= 15 is 0 Å². The van der Waals surface area contributed by atoms with Crippen LogP contribution < -0.4 is 5.73 Å². The number of likely N-dealkylation sites (tertiary alicyclic amines) is 1. The highest BCUT2D eigenvalue weighted by Gasteiger charge is 2.64. The maximum Gasteiger partial charge on any atom is 0.329 e. The van der Waals surface area contributed by atoms with E-state index in [1.54, 1.807) is 13.8 Å². The fraction of sp³-hybridized carbons (Fsp3) is 0.900. The highest BCUT2D eigenvalue weighted by Crippen LogP contribution is 2.41. The van der Waals surface area contributed by atoms with Crippen molar-refractivity contribution in [3.63, 3.8) is 0 Å². The number of hydrogen-bond donors (Lipinski definition) is 1. The van der Waals surface area contributed by atoms with Crippen LogP contribution in [-0.4, -0.2) is 41.8 Å². The summed E-state index contributed by atoms with van der Waals surface area (Å²) in [4.78, 5) is 12.1. The third kappa shape index (κ3) is 2.53. The first-order chi connectivity index (χ1) is 7.62. The Balaban J connectivity index is 2.75. The largest absolute Gasteiger partial charge is 0.329 e. The first kappa shape index (κ1) is 14.2. The molecule has 0 spiro atoms. The number of halogens is 4. The molecule has 1 fully saturated rings. The third-order valence-electron chi connectivity index (χ3n) is 3.17. The van der Waals surface area contributed by atoms with Crippen LogP contribution in [0.5, 0.6) is 0 Å². The molecule has 1 heterocycles. The van der Waals surface area contributed by atoms with Gasteiger partial charge in [-0.1, -0.05) is 20.3 Å². The maximum absolute atomic E-state index is 12.9. The van der Waals surface area contributed by atoms with Gasteiger partial charge in [-0.05, 0) is 5.92 Å². The van der Waals surface area contributed by atoms with Crippen molar-refractivity contribution in [2.75, 3.05) is 13.1 Å². The molecule has 2 atom stereocenters. The number of hydrogen-bond acceptors (Lipinski definition) is 2. The third-order valence-corrected chi connectivity index (χ3v) is 3.17. The van der Waals surface area contributed by atoms with E-state index in [4.69, 9.17) is 5.73 Å². The Hall–Kier alpha value is -0.850. The van der Waals surface area contributed by atoms with E-state index in [0.717, 1.165) is 0 Å². The second-order valence-corrected chi connectivity index (χ2v) is 4.51. The molecular weight excluding hydrogens is 240 g/mol. The van der Waals surface area contributed by atoms with E-state index < -0.39 is 36.9 Å². The molecule has 17 heavy (non-hydrogen) atoms. The maximum atomic E-state index is 12.9. The van der Waals surface area contributed by atoms with Crippen LogP contribution >= 0.6 is 0 Å². The molecule has 0 aromatic heterocycles. The van der Waals surface area contributed by atoms with Crippen molar-refractivity contribution in [2.45, 2.75) is 38.2 Å². The van der Waals surface area contributed by atoms with Crippen LogP contribution in [-0.2, 0) is 4.79 Å². The van der Waals surface area contributed by atoms with Crippen molar-refractivity contribution in [3.8, 4) is 0 Å². The first-order valence-electron chi connectivity index (χ1n) is 5.42. The van der Waals surface area contributed by atoms with Gasteiger partial charge in [-0.25, -0.2) is 0 Å². The molecule has 0 saturated carbocycles. The average molecular weight is 256 g/mol. The summed E-state index contributed by atoms with van der Waals surface area (Å²) in [6.07, 6.45) is 0.577. The van der Waals surface area contributed by atoms with E-state index in [-0.39, 0.29) is 5.92 Å². The van der Waals surface area contributed by atoms with E-state index in [0.29, 0.717) is 11.3 Å². The predicted molar refractivity (Wildman–Crippen MR) is 53.9 cm³/mol. The summed E-state index contributed by atoms with van der Waals surface area (Å²) in [7, 11) is 0. The smallest absolute Gasteiger partial charge is 0.329 e. The van der Waals surface area contributed by atoms with Gasteiger partial charge in [0.25, 0.3) is 0 Å². The SMILES string of the molecule is CCC(C)C(N)C(=O)N1CC(F)(F)C(F)(F)C1. The molecule has 1 aliphatic heterocycles. The van der Waals surface area contributed by atoms with Gasteiger partial charge >= 0.3 is 11.8 Å². The van der Waals surface area contributed by atoms with Gasteiger partial charge in [-0.3, -0.25) is 4.79 Å². The number of amides is 1. The van der Waals surface area contributed by atoms with E-state index in [9.17, 15) is 22.4 Å². The highest BCUT2D eigenvalue weighted by molar-refractivity contribution is 5.82. The van der Waals surface area contributed by atoms with Gasteiger partial charge in [0, 0.05) is 0 Å². The lowest BCUT2D eigenvalue weighted by molar-refractivity contribution is -0.172. The number of rotatable bonds is 3. The number of carbonyl (C=O) groups is 1. The molecule has 1 rings (SSSR count). The average Bonchev–Trinajstić information content (AvgIpc) is 2.45. The molecule has 2 unspecified atom stereocenters. The molecule has 0 aromatic rings. The van der Waals surface area contributed by atoms with Crippen LogP contribution in [0.4, 0.5) is 17.6 Å². The normalized spacial score (nSPS) is 25.7. The zero-order valence-electron chi connectivity index (χ0n) is 9.72. The Bertz CT molecular complexity index is 293. The summed E-state index contributed by atoms with van der Waals surface area (Å²) in [5.74, 6) is -9.41. The Morgan fingerprint density at radius 3 is 2.06 bits per heavy atom. The summed E-state index contributed by atoms with van der Waals surface area (Å²) in [6.45, 7) is 0.936. The molecule has 1 aliphatic rings. The second-order valence-electron chi connectivity index (χ2n) is 4.51. The Morgan fingerprint density at radius 1 is 1.29 bits per heavy atom. The molecule has 0 radical (unpaired) electrons. The van der Waals surface area contributed by atoms with E-state index in [1.165, 1.54) is 0 Å². The molecule has 0 aliphatic carbocycles. The molecule has 100 valence electrons. The van der Waals surface area contributed by atoms with Gasteiger partial charge in [0.2, 0.25) is 5.91 Å². The monoisotopic (exact) mass is 256 g/mol. The Morgan fingerprint density at radius 2 is 1.71 bits per heavy atom. The summed E-state index contributed by atoms with van der Waals surface area (Å²) < 4.78 is 51.6. The van der Waals surface area contributed by atoms with Crippen molar-refractivity contribution in [3.05, 3.63) is 0 Å². The van der Waals surface area contributed by atoms with Crippen LogP contribution in [0.2, 0.25) is 0 Å². The number of nitrogens with two attached hydrogens (primary N) is 1. The van der Waals surface area contributed by atoms with Gasteiger partial charge in [-0.2, -0.15) is 17.6 Å². The summed E-state index contributed by atoms with van der Waals surface area (Å²) >= 11 is 0. The lowest BCUT2D eigenvalue weighted by atomic mass is 9.99. The van der Waals surface area contributed by atoms with Crippen LogP contribution in [0.1, 0.15) is 20.3 Å². The van der Waals surface area contributed by atoms with Gasteiger partial charge in [0.1, 0.15) is 0 Å². The Kier molecular flexibility index (Phi) is 3.71. The Labute approximate surface area is 96.9 Å². The van der Waals surface area contributed by atoms with E-state index in [2.05, 4.69) is 0 Å². The van der Waals surface area contributed by atoms with Crippen LogP contribution in [0.15, 0.2) is 0 Å². The van der Waals surface area contributed by atoms with Crippen molar-refractivity contribution >= 4 is 5.91 Å². The zero-order valence-corrected chi connectivity index (χ0v) is 9.72. The van der Waals surface area contributed by atoms with Crippen molar-refractivity contribution in [2.24, 2.45) is 11.7 Å². The van der Waals surface area contributed by atoms with Crippen LogP contribution in [0.3, 0.4) is 0 Å². The van der Waals surface area contributed by atoms with Crippen LogP contribution in [0.25, 0.3) is 0 Å². The fourth-order valence-electron chi connectivity index (χ4n) is 1.63. The number of alkyl halides is 4. The summed E-state index contributed by atoms with van der Waals surface area (Å²) in [5.41, 5.74) is 5.55. The molecule has 0 aromatic carbocycles. The molecule has 1 saturated heterocycles. The standard InChI is InChI=1S/C10H16F4N2O/c1-3-6(2)7(15)8(17)16-4-9(11,12)10(13,14)5-16/h6-7H,3-5,15H2,1-2H3. The van der Waals surface area contributed by atoms with Gasteiger partial charge in [-0.15, -0.1) is 0 Å². The molecule has 1 amide bonds. The quantitative estimate of drug-likeness (QED) is 0.777. The first-order valence-corrected chi connectivity index (χ1v) is 5.42. The van der Waals surface area contributed by atoms with Gasteiger partial charge in [0.05, 0.1) is 19.1 Å². The van der Waals surface area contributed by atoms with Gasteiger partial charge < -0.3 is 10.6 Å². The predicted octanol–water partition coefficient (Wildman–Crippen LogP) is 1.47. The molecular formula is C10H16F4N2O. The minimum atomic E-state index is -4.17. The van der Waals surface area contributed by atoms with Gasteiger partial charge in [0.15, 0.2) is 0 Å². The fourth-order valence-corrected chi connectivity index (χ4v) is 1.63. The summed E-state index contributed by atoms with van der Waals surface area (Å²) in [5, 5.41) is 0. The molecule has 3 nitrogen and oxygen atoms in total. The zero-order chi connectivity index (χ0) is 13.4.